The Hall–Kier alpha value is -2.13. The van der Waals surface area contributed by atoms with Gasteiger partial charge in [0, 0.05) is 0 Å². The van der Waals surface area contributed by atoms with Gasteiger partial charge in [0.25, 0.3) is 0 Å². The number of benzene rings is 2. The fourth-order valence-corrected chi connectivity index (χ4v) is 3.00. The number of carbonyl (C=O) groups excluding carboxylic acids is 1. The molecule has 128 valence electrons. The molecule has 0 unspecified atom stereocenters. The second-order valence-corrected chi connectivity index (χ2v) is 5.78. The van der Waals surface area contributed by atoms with Gasteiger partial charge in [-0.1, -0.05) is 81.4 Å². The summed E-state index contributed by atoms with van der Waals surface area (Å²) in [7, 11) is 0. The first-order chi connectivity index (χ1) is 11.7. The van der Waals surface area contributed by atoms with Gasteiger partial charge in [0.2, 0.25) is 0 Å². The van der Waals surface area contributed by atoms with Gasteiger partial charge in [-0.2, -0.15) is 0 Å². The second-order valence-electron chi connectivity index (χ2n) is 5.78. The molecule has 1 atom stereocenters. The number of carbonyl (C=O) groups is 1. The van der Waals surface area contributed by atoms with Crippen molar-refractivity contribution in [2.24, 2.45) is 0 Å². The minimum atomic E-state index is -0.392. The van der Waals surface area contributed by atoms with Crippen molar-refractivity contribution < 1.29 is 9.53 Å². The van der Waals surface area contributed by atoms with E-state index in [1.54, 1.807) is 0 Å². The third-order valence-corrected chi connectivity index (χ3v) is 4.32. The van der Waals surface area contributed by atoms with E-state index in [0.29, 0.717) is 0 Å². The second kappa shape index (κ2) is 9.24. The van der Waals surface area contributed by atoms with Crippen LogP contribution >= 0.6 is 0 Å². The van der Waals surface area contributed by atoms with E-state index in [-0.39, 0.29) is 12.2 Å². The van der Waals surface area contributed by atoms with E-state index >= 15 is 0 Å². The normalized spacial score (nSPS) is 12.4. The van der Waals surface area contributed by atoms with Gasteiger partial charge < -0.3 is 4.74 Å². The Morgan fingerprint density at radius 2 is 1.33 bits per heavy atom. The van der Waals surface area contributed by atoms with Crippen LogP contribution in [0.5, 0.6) is 0 Å². The van der Waals surface area contributed by atoms with E-state index < -0.39 is 5.92 Å². The first-order valence-corrected chi connectivity index (χ1v) is 8.75. The summed E-state index contributed by atoms with van der Waals surface area (Å²) >= 11 is 0. The Labute approximate surface area is 145 Å². The minimum Gasteiger partial charge on any atom is -0.446 e. The Kier molecular flexibility index (Phi) is 7.01. The lowest BCUT2D eigenvalue weighted by Gasteiger charge is -2.30. The minimum absolute atomic E-state index is 0.178. The van der Waals surface area contributed by atoms with Gasteiger partial charge in [0.05, 0.1) is 0 Å². The Morgan fingerprint density at radius 1 is 0.875 bits per heavy atom. The van der Waals surface area contributed by atoms with E-state index in [1.807, 2.05) is 60.7 Å². The zero-order valence-corrected chi connectivity index (χ0v) is 14.8. The average Bonchev–Trinajstić information content (AvgIpc) is 2.63. The van der Waals surface area contributed by atoms with Crippen LogP contribution in [0.2, 0.25) is 0 Å². The maximum Gasteiger partial charge on any atom is 0.319 e. The quantitative estimate of drug-likeness (QED) is 0.531. The zero-order valence-electron chi connectivity index (χ0n) is 14.8. The smallest absolute Gasteiger partial charge is 0.319 e. The molecule has 0 bridgehead atoms. The predicted molar refractivity (Wildman–Crippen MR) is 97.8 cm³/mol. The highest BCUT2D eigenvalue weighted by molar-refractivity contribution is 5.82. The molecular weight excluding hydrogens is 298 g/mol. The average molecular weight is 325 g/mol. The van der Waals surface area contributed by atoms with Gasteiger partial charge in [0.15, 0.2) is 6.23 Å². The van der Waals surface area contributed by atoms with Gasteiger partial charge in [-0.3, -0.25) is 9.69 Å². The van der Waals surface area contributed by atoms with Gasteiger partial charge in [-0.15, -0.1) is 0 Å². The summed E-state index contributed by atoms with van der Waals surface area (Å²) in [5.41, 5.74) is 1.92. The van der Waals surface area contributed by atoms with Crippen molar-refractivity contribution in [3.05, 3.63) is 71.8 Å². The molecule has 3 heteroatoms. The van der Waals surface area contributed by atoms with Crippen LogP contribution in [0.15, 0.2) is 60.7 Å². The van der Waals surface area contributed by atoms with Crippen molar-refractivity contribution in [1.82, 2.24) is 4.90 Å². The SMILES string of the molecule is CC[C@H](OC(=O)C(c1ccccc1)c1ccccc1)N(CC)CC. The summed E-state index contributed by atoms with van der Waals surface area (Å²) in [5, 5.41) is 0. The van der Waals surface area contributed by atoms with Crippen LogP contribution in [0.4, 0.5) is 0 Å². The van der Waals surface area contributed by atoms with Crippen LogP contribution in [0.25, 0.3) is 0 Å². The molecule has 2 aromatic rings. The summed E-state index contributed by atoms with van der Waals surface area (Å²) in [5.74, 6) is -0.580. The highest BCUT2D eigenvalue weighted by Crippen LogP contribution is 2.27. The largest absolute Gasteiger partial charge is 0.446 e. The number of ether oxygens (including phenoxy) is 1. The van der Waals surface area contributed by atoms with Crippen LogP contribution in [-0.4, -0.2) is 30.2 Å². The van der Waals surface area contributed by atoms with Crippen LogP contribution in [0.1, 0.15) is 44.2 Å². The number of rotatable bonds is 8. The summed E-state index contributed by atoms with van der Waals surface area (Å²) in [4.78, 5) is 15.2. The molecule has 2 aromatic carbocycles. The Morgan fingerprint density at radius 3 is 1.71 bits per heavy atom. The van der Waals surface area contributed by atoms with Crippen LogP contribution < -0.4 is 0 Å². The molecule has 0 aliphatic heterocycles. The van der Waals surface area contributed by atoms with E-state index in [0.717, 1.165) is 30.6 Å². The number of hydrogen-bond donors (Lipinski definition) is 0. The maximum absolute atomic E-state index is 13.0. The molecule has 0 aliphatic rings. The predicted octanol–water partition coefficient (Wildman–Crippen LogP) is 4.44. The van der Waals surface area contributed by atoms with Crippen molar-refractivity contribution in [1.29, 1.82) is 0 Å². The van der Waals surface area contributed by atoms with Crippen molar-refractivity contribution in [2.45, 2.75) is 39.3 Å². The molecule has 2 rings (SSSR count). The van der Waals surface area contributed by atoms with Crippen LogP contribution in [-0.2, 0) is 9.53 Å². The zero-order chi connectivity index (χ0) is 17.4. The van der Waals surface area contributed by atoms with Crippen molar-refractivity contribution >= 4 is 5.97 Å². The summed E-state index contributed by atoms with van der Waals surface area (Å²) in [6.07, 6.45) is 0.603. The lowest BCUT2D eigenvalue weighted by molar-refractivity contribution is -0.160. The summed E-state index contributed by atoms with van der Waals surface area (Å²) in [6, 6.07) is 19.7. The number of esters is 1. The third-order valence-electron chi connectivity index (χ3n) is 4.32. The highest BCUT2D eigenvalue weighted by Gasteiger charge is 2.27. The highest BCUT2D eigenvalue weighted by atomic mass is 16.6. The van der Waals surface area contributed by atoms with Crippen LogP contribution in [0, 0.1) is 0 Å². The molecule has 0 radical (unpaired) electrons. The topological polar surface area (TPSA) is 29.5 Å². The molecule has 0 fully saturated rings. The molecule has 0 heterocycles. The monoisotopic (exact) mass is 325 g/mol. The maximum atomic E-state index is 13.0. The van der Waals surface area contributed by atoms with Gasteiger partial charge >= 0.3 is 5.97 Å². The van der Waals surface area contributed by atoms with E-state index in [4.69, 9.17) is 4.74 Å². The molecule has 3 nitrogen and oxygen atoms in total. The lowest BCUT2D eigenvalue weighted by atomic mass is 9.91. The molecule has 0 saturated carbocycles. The fraction of sp³-hybridized carbons (Fsp3) is 0.381. The van der Waals surface area contributed by atoms with Crippen molar-refractivity contribution in [3.63, 3.8) is 0 Å². The van der Waals surface area contributed by atoms with Gasteiger partial charge in [-0.05, 0) is 30.6 Å². The molecule has 0 amide bonds. The lowest BCUT2D eigenvalue weighted by Crippen LogP contribution is -2.39. The Bertz CT molecular complexity index is 569. The Balaban J connectivity index is 2.29. The first-order valence-electron chi connectivity index (χ1n) is 8.75. The van der Waals surface area contributed by atoms with Crippen molar-refractivity contribution in [2.75, 3.05) is 13.1 Å². The van der Waals surface area contributed by atoms with Crippen molar-refractivity contribution in [3.8, 4) is 0 Å². The summed E-state index contributed by atoms with van der Waals surface area (Å²) in [6.45, 7) is 7.96. The van der Waals surface area contributed by atoms with Gasteiger partial charge in [-0.25, -0.2) is 0 Å². The van der Waals surface area contributed by atoms with Gasteiger partial charge in [0.1, 0.15) is 5.92 Å². The summed E-state index contributed by atoms with van der Waals surface area (Å²) < 4.78 is 5.90. The molecule has 0 aliphatic carbocycles. The molecular formula is C21H27NO2. The molecule has 0 N–H and O–H groups in total. The van der Waals surface area contributed by atoms with E-state index in [2.05, 4.69) is 25.7 Å². The molecule has 0 spiro atoms. The van der Waals surface area contributed by atoms with E-state index in [9.17, 15) is 4.79 Å². The fourth-order valence-electron chi connectivity index (χ4n) is 3.00. The number of nitrogens with zero attached hydrogens (tertiary/aromatic N) is 1. The molecule has 24 heavy (non-hydrogen) atoms. The van der Waals surface area contributed by atoms with E-state index in [1.165, 1.54) is 0 Å². The first kappa shape index (κ1) is 18.2. The molecule has 0 aromatic heterocycles. The standard InChI is InChI=1S/C21H27NO2/c1-4-19(22(5-2)6-3)24-21(23)20(17-13-9-7-10-14-17)18-15-11-8-12-16-18/h7-16,19-20H,4-6H2,1-3H3/t19-/m0/s1. The third kappa shape index (κ3) is 4.45. The number of hydrogen-bond acceptors (Lipinski definition) is 3. The van der Waals surface area contributed by atoms with Crippen LogP contribution in [0.3, 0.4) is 0 Å². The molecule has 0 saturated heterocycles.